The number of rotatable bonds is 2. The Bertz CT molecular complexity index is 768. The van der Waals surface area contributed by atoms with Crippen molar-refractivity contribution in [2.45, 2.75) is 25.7 Å². The third-order valence-electron chi connectivity index (χ3n) is 4.53. The summed E-state index contributed by atoms with van der Waals surface area (Å²) < 4.78 is 2.92. The fraction of sp³-hybridized carbons (Fsp3) is 0.438. The van der Waals surface area contributed by atoms with E-state index in [4.69, 9.17) is 5.73 Å². The van der Waals surface area contributed by atoms with Crippen molar-refractivity contribution in [3.05, 3.63) is 33.8 Å². The number of anilines is 2. The van der Waals surface area contributed by atoms with Crippen LogP contribution in [-0.2, 0) is 7.05 Å². The fourth-order valence-corrected chi connectivity index (χ4v) is 4.02. The topological polar surface area (TPSA) is 83.8 Å². The molecule has 0 radical (unpaired) electrons. The molecule has 3 rings (SSSR count). The van der Waals surface area contributed by atoms with Gasteiger partial charge in [-0.25, -0.2) is 0 Å². The van der Waals surface area contributed by atoms with Crippen LogP contribution in [0.15, 0.2) is 16.9 Å². The van der Waals surface area contributed by atoms with Crippen molar-refractivity contribution in [3.8, 4) is 6.07 Å². The monoisotopic (exact) mass is 374 g/mol. The van der Waals surface area contributed by atoms with Gasteiger partial charge in [-0.05, 0) is 47.3 Å². The summed E-state index contributed by atoms with van der Waals surface area (Å²) in [6, 6.07) is 4.25. The number of aromatic nitrogens is 3. The van der Waals surface area contributed by atoms with Crippen LogP contribution in [-0.4, -0.2) is 27.9 Å². The van der Waals surface area contributed by atoms with E-state index in [1.807, 2.05) is 24.6 Å². The van der Waals surface area contributed by atoms with Crippen LogP contribution in [0.1, 0.15) is 35.7 Å². The van der Waals surface area contributed by atoms with Gasteiger partial charge >= 0.3 is 0 Å². The van der Waals surface area contributed by atoms with Crippen LogP contribution in [0.5, 0.6) is 0 Å². The summed E-state index contributed by atoms with van der Waals surface area (Å²) in [5, 5.41) is 17.7. The third-order valence-corrected chi connectivity index (χ3v) is 5.14. The van der Waals surface area contributed by atoms with Crippen molar-refractivity contribution in [1.82, 2.24) is 14.8 Å². The highest BCUT2D eigenvalue weighted by atomic mass is 79.9. The number of piperidine rings is 1. The van der Waals surface area contributed by atoms with Gasteiger partial charge in [0, 0.05) is 30.5 Å². The van der Waals surface area contributed by atoms with Gasteiger partial charge in [-0.15, -0.1) is 10.2 Å². The lowest BCUT2D eigenvalue weighted by Gasteiger charge is -2.34. The summed E-state index contributed by atoms with van der Waals surface area (Å²) in [4.78, 5) is 2.24. The molecule has 2 aromatic rings. The summed E-state index contributed by atoms with van der Waals surface area (Å²) in [6.07, 6.45) is 3.71. The first kappa shape index (κ1) is 15.8. The third kappa shape index (κ3) is 2.79. The Hall–Kier alpha value is -2.07. The molecule has 0 spiro atoms. The second-order valence-corrected chi connectivity index (χ2v) is 6.84. The first-order valence-corrected chi connectivity index (χ1v) is 8.39. The molecule has 1 aliphatic heterocycles. The van der Waals surface area contributed by atoms with E-state index in [1.54, 1.807) is 6.33 Å². The van der Waals surface area contributed by atoms with Gasteiger partial charge < -0.3 is 15.2 Å². The van der Waals surface area contributed by atoms with Gasteiger partial charge in [0.05, 0.1) is 16.9 Å². The molecule has 0 bridgehead atoms. The van der Waals surface area contributed by atoms with Gasteiger partial charge in [0.2, 0.25) is 0 Å². The van der Waals surface area contributed by atoms with Crippen LogP contribution in [0.2, 0.25) is 0 Å². The maximum absolute atomic E-state index is 9.52. The lowest BCUT2D eigenvalue weighted by atomic mass is 9.94. The predicted octanol–water partition coefficient (Wildman–Crippen LogP) is 2.72. The number of hydrogen-bond donors (Lipinski definition) is 1. The van der Waals surface area contributed by atoms with E-state index in [1.165, 1.54) is 0 Å². The van der Waals surface area contributed by atoms with Crippen LogP contribution in [0, 0.1) is 18.3 Å². The lowest BCUT2D eigenvalue weighted by Crippen LogP contribution is -2.34. The van der Waals surface area contributed by atoms with Crippen LogP contribution >= 0.6 is 15.9 Å². The second-order valence-electron chi connectivity index (χ2n) is 5.99. The van der Waals surface area contributed by atoms with Gasteiger partial charge in [0.25, 0.3) is 0 Å². The molecule has 0 unspecified atom stereocenters. The number of benzene rings is 1. The number of nitrogen functional groups attached to an aromatic ring is 1. The largest absolute Gasteiger partial charge is 0.397 e. The molecule has 1 saturated heterocycles. The molecule has 0 saturated carbocycles. The molecular formula is C16H19BrN6. The first-order valence-electron chi connectivity index (χ1n) is 7.60. The summed E-state index contributed by atoms with van der Waals surface area (Å²) >= 11 is 3.60. The molecule has 2 N–H and O–H groups in total. The van der Waals surface area contributed by atoms with Gasteiger partial charge in [-0.2, -0.15) is 5.26 Å². The smallest absolute Gasteiger partial charge is 0.135 e. The number of halogens is 1. The van der Waals surface area contributed by atoms with Gasteiger partial charge in [0.15, 0.2) is 0 Å². The van der Waals surface area contributed by atoms with Crippen molar-refractivity contribution in [3.63, 3.8) is 0 Å². The van der Waals surface area contributed by atoms with E-state index in [2.05, 4.69) is 37.1 Å². The molecule has 6 nitrogen and oxygen atoms in total. The van der Waals surface area contributed by atoms with E-state index < -0.39 is 0 Å². The van der Waals surface area contributed by atoms with Crippen LogP contribution in [0.4, 0.5) is 11.4 Å². The van der Waals surface area contributed by atoms with E-state index in [9.17, 15) is 5.26 Å². The standard InChI is InChI=1S/C16H19BrN6/c1-10-7-13(17)15(12(8-18)14(10)19)23-5-3-11(4-6-23)16-21-20-9-22(16)2/h7,9,11H,3-6,19H2,1-2H3. The highest BCUT2D eigenvalue weighted by Gasteiger charge is 2.27. The number of nitrogens with zero attached hydrogens (tertiary/aromatic N) is 5. The van der Waals surface area contributed by atoms with E-state index in [0.29, 0.717) is 17.2 Å². The second kappa shape index (κ2) is 6.20. The predicted molar refractivity (Wildman–Crippen MR) is 93.2 cm³/mol. The van der Waals surface area contributed by atoms with Crippen molar-refractivity contribution < 1.29 is 0 Å². The molecule has 1 fully saturated rings. The van der Waals surface area contributed by atoms with E-state index in [0.717, 1.165) is 47.5 Å². The maximum atomic E-state index is 9.52. The Balaban J connectivity index is 1.85. The van der Waals surface area contributed by atoms with Crippen molar-refractivity contribution in [2.75, 3.05) is 23.7 Å². The lowest BCUT2D eigenvalue weighted by molar-refractivity contribution is 0.474. The average molecular weight is 375 g/mol. The Morgan fingerprint density at radius 2 is 2.09 bits per heavy atom. The number of nitriles is 1. The summed E-state index contributed by atoms with van der Waals surface area (Å²) in [7, 11) is 1.98. The summed E-state index contributed by atoms with van der Waals surface area (Å²) in [6.45, 7) is 3.66. The summed E-state index contributed by atoms with van der Waals surface area (Å²) in [5.74, 6) is 1.44. The Labute approximate surface area is 144 Å². The van der Waals surface area contributed by atoms with Crippen LogP contribution < -0.4 is 10.6 Å². The number of hydrogen-bond acceptors (Lipinski definition) is 5. The van der Waals surface area contributed by atoms with E-state index in [-0.39, 0.29) is 0 Å². The maximum Gasteiger partial charge on any atom is 0.135 e. The zero-order valence-electron chi connectivity index (χ0n) is 13.3. The quantitative estimate of drug-likeness (QED) is 0.816. The molecule has 1 aromatic carbocycles. The van der Waals surface area contributed by atoms with Crippen LogP contribution in [0.25, 0.3) is 0 Å². The molecule has 7 heteroatoms. The average Bonchev–Trinajstić information content (AvgIpc) is 2.97. The summed E-state index contributed by atoms with van der Waals surface area (Å²) in [5.41, 5.74) is 9.07. The Morgan fingerprint density at radius 3 is 2.65 bits per heavy atom. The normalized spacial score (nSPS) is 15.7. The molecule has 120 valence electrons. The van der Waals surface area contributed by atoms with Gasteiger partial charge in [0.1, 0.15) is 18.2 Å². The SMILES string of the molecule is Cc1cc(Br)c(N2CCC(c3nncn3C)CC2)c(C#N)c1N. The van der Waals surface area contributed by atoms with Crippen molar-refractivity contribution in [1.29, 1.82) is 5.26 Å². The molecule has 0 aliphatic carbocycles. The van der Waals surface area contributed by atoms with E-state index >= 15 is 0 Å². The molecule has 23 heavy (non-hydrogen) atoms. The molecule has 0 amide bonds. The van der Waals surface area contributed by atoms with Gasteiger partial charge in [-0.3, -0.25) is 0 Å². The first-order chi connectivity index (χ1) is 11.0. The molecule has 2 heterocycles. The molecular weight excluding hydrogens is 356 g/mol. The highest BCUT2D eigenvalue weighted by Crippen LogP contribution is 2.38. The minimum absolute atomic E-state index is 0.408. The number of aryl methyl sites for hydroxylation is 2. The minimum atomic E-state index is 0.408. The Morgan fingerprint density at radius 1 is 1.39 bits per heavy atom. The van der Waals surface area contributed by atoms with Gasteiger partial charge in [-0.1, -0.05) is 0 Å². The highest BCUT2D eigenvalue weighted by molar-refractivity contribution is 9.10. The minimum Gasteiger partial charge on any atom is -0.397 e. The van der Waals surface area contributed by atoms with Crippen LogP contribution in [0.3, 0.4) is 0 Å². The van der Waals surface area contributed by atoms with Crippen molar-refractivity contribution in [2.24, 2.45) is 7.05 Å². The zero-order valence-corrected chi connectivity index (χ0v) is 14.8. The molecule has 1 aromatic heterocycles. The van der Waals surface area contributed by atoms with Crippen molar-refractivity contribution >= 4 is 27.3 Å². The molecule has 0 atom stereocenters. The molecule has 1 aliphatic rings. The fourth-order valence-electron chi connectivity index (χ4n) is 3.23. The Kier molecular flexibility index (Phi) is 4.26. The number of nitrogens with two attached hydrogens (primary N) is 1. The zero-order chi connectivity index (χ0) is 16.6.